The van der Waals surface area contributed by atoms with Crippen molar-refractivity contribution >= 4 is 0 Å². The zero-order chi connectivity index (χ0) is 10.7. The number of nitrogens with zero attached hydrogens (tertiary/aromatic N) is 1. The second kappa shape index (κ2) is 5.18. The summed E-state index contributed by atoms with van der Waals surface area (Å²) in [6.45, 7) is 2.43. The molecule has 0 spiro atoms. The Morgan fingerprint density at radius 2 is 2.20 bits per heavy atom. The Morgan fingerprint density at radius 1 is 1.40 bits per heavy atom. The molecule has 2 aliphatic rings. The van der Waals surface area contributed by atoms with Gasteiger partial charge in [0.05, 0.1) is 19.8 Å². The molecule has 1 saturated heterocycles. The highest BCUT2D eigenvalue weighted by molar-refractivity contribution is 4.85. The molecule has 2 rings (SSSR count). The van der Waals surface area contributed by atoms with Crippen molar-refractivity contribution < 1.29 is 13.5 Å². The Labute approximate surface area is 88.8 Å². The first kappa shape index (κ1) is 11.2. The van der Waals surface area contributed by atoms with Crippen molar-refractivity contribution in [2.45, 2.75) is 31.4 Å². The van der Waals surface area contributed by atoms with E-state index in [9.17, 15) is 8.78 Å². The molecule has 0 aromatic carbocycles. The topological polar surface area (TPSA) is 24.5 Å². The quantitative estimate of drug-likeness (QED) is 0.738. The normalized spacial score (nSPS) is 28.6. The fourth-order valence-electron chi connectivity index (χ4n) is 1.88. The van der Waals surface area contributed by atoms with Gasteiger partial charge in [0.1, 0.15) is 0 Å². The minimum atomic E-state index is -2.24. The first-order valence-corrected chi connectivity index (χ1v) is 5.59. The van der Waals surface area contributed by atoms with Gasteiger partial charge < -0.3 is 10.1 Å². The van der Waals surface area contributed by atoms with Crippen molar-refractivity contribution in [3.8, 4) is 0 Å². The minimum Gasteiger partial charge on any atom is -0.378 e. The average molecular weight is 220 g/mol. The number of ether oxygens (including phenoxy) is 1. The van der Waals surface area contributed by atoms with Crippen molar-refractivity contribution in [1.82, 2.24) is 10.2 Å². The number of hydrogen-bond donors (Lipinski definition) is 1. The largest absolute Gasteiger partial charge is 0.378 e. The second-order valence-corrected chi connectivity index (χ2v) is 4.30. The van der Waals surface area contributed by atoms with E-state index in [-0.39, 0.29) is 12.6 Å². The monoisotopic (exact) mass is 220 g/mol. The maximum absolute atomic E-state index is 12.3. The molecule has 3 nitrogen and oxygen atoms in total. The molecule has 1 aliphatic heterocycles. The molecule has 1 heterocycles. The summed E-state index contributed by atoms with van der Waals surface area (Å²) in [5.41, 5.74) is 0. The molecule has 15 heavy (non-hydrogen) atoms. The predicted octanol–water partition coefficient (Wildman–Crippen LogP) is 0.704. The smallest absolute Gasteiger partial charge is 0.251 e. The van der Waals surface area contributed by atoms with E-state index in [0.717, 1.165) is 6.54 Å². The van der Waals surface area contributed by atoms with E-state index >= 15 is 0 Å². The molecule has 0 bridgehead atoms. The summed E-state index contributed by atoms with van der Waals surface area (Å²) >= 11 is 0. The molecule has 5 heteroatoms. The number of morpholine rings is 1. The lowest BCUT2D eigenvalue weighted by atomic mass is 10.2. The van der Waals surface area contributed by atoms with Crippen LogP contribution in [0.3, 0.4) is 0 Å². The Morgan fingerprint density at radius 3 is 2.87 bits per heavy atom. The van der Waals surface area contributed by atoms with Crippen LogP contribution < -0.4 is 5.32 Å². The van der Waals surface area contributed by atoms with Gasteiger partial charge in [0.25, 0.3) is 6.43 Å². The first-order chi connectivity index (χ1) is 7.25. The summed E-state index contributed by atoms with van der Waals surface area (Å²) in [5, 5.41) is 3.36. The van der Waals surface area contributed by atoms with E-state index < -0.39 is 6.43 Å². The van der Waals surface area contributed by atoms with E-state index in [2.05, 4.69) is 5.32 Å². The molecule has 1 atom stereocenters. The number of alkyl halides is 2. The van der Waals surface area contributed by atoms with Gasteiger partial charge in [0.15, 0.2) is 0 Å². The van der Waals surface area contributed by atoms with Crippen LogP contribution in [0.5, 0.6) is 0 Å². The van der Waals surface area contributed by atoms with E-state index in [1.165, 1.54) is 12.8 Å². The highest BCUT2D eigenvalue weighted by Gasteiger charge is 2.28. The third-order valence-electron chi connectivity index (χ3n) is 2.94. The van der Waals surface area contributed by atoms with Crippen LogP contribution in [0.15, 0.2) is 0 Å². The molecular weight excluding hydrogens is 202 g/mol. The van der Waals surface area contributed by atoms with Crippen LogP contribution in [0.2, 0.25) is 0 Å². The third kappa shape index (κ3) is 3.66. The van der Waals surface area contributed by atoms with E-state index in [1.54, 1.807) is 0 Å². The van der Waals surface area contributed by atoms with E-state index in [4.69, 9.17) is 4.74 Å². The maximum atomic E-state index is 12.3. The van der Waals surface area contributed by atoms with Gasteiger partial charge in [0.2, 0.25) is 0 Å². The summed E-state index contributed by atoms with van der Waals surface area (Å²) in [5.74, 6) is 0. The van der Waals surface area contributed by atoms with Crippen LogP contribution in [0, 0.1) is 0 Å². The maximum Gasteiger partial charge on any atom is 0.251 e. The van der Waals surface area contributed by atoms with Gasteiger partial charge in [0, 0.05) is 25.2 Å². The average Bonchev–Trinajstić information content (AvgIpc) is 2.99. The molecule has 1 aliphatic carbocycles. The van der Waals surface area contributed by atoms with Gasteiger partial charge in [-0.3, -0.25) is 4.90 Å². The lowest BCUT2D eigenvalue weighted by Gasteiger charge is -2.35. The number of halogens is 2. The Hall–Kier alpha value is -0.260. The summed E-state index contributed by atoms with van der Waals surface area (Å²) < 4.78 is 29.9. The van der Waals surface area contributed by atoms with Gasteiger partial charge in [-0.2, -0.15) is 0 Å². The SMILES string of the molecule is FC(F)CN1CCOCC1CNC1CC1. The third-order valence-corrected chi connectivity index (χ3v) is 2.94. The Kier molecular flexibility index (Phi) is 3.88. The number of nitrogens with one attached hydrogen (secondary N) is 1. The van der Waals surface area contributed by atoms with Gasteiger partial charge in [-0.15, -0.1) is 0 Å². The molecule has 0 aromatic heterocycles. The van der Waals surface area contributed by atoms with Crippen molar-refractivity contribution in [2.24, 2.45) is 0 Å². The molecule has 0 aromatic rings. The van der Waals surface area contributed by atoms with Crippen LogP contribution in [0.25, 0.3) is 0 Å². The highest BCUT2D eigenvalue weighted by Crippen LogP contribution is 2.19. The fourth-order valence-corrected chi connectivity index (χ4v) is 1.88. The molecule has 1 saturated carbocycles. The summed E-state index contributed by atoms with van der Waals surface area (Å²) in [6, 6.07) is 0.744. The lowest BCUT2D eigenvalue weighted by molar-refractivity contribution is -0.0317. The van der Waals surface area contributed by atoms with Crippen molar-refractivity contribution in [3.05, 3.63) is 0 Å². The van der Waals surface area contributed by atoms with Gasteiger partial charge >= 0.3 is 0 Å². The highest BCUT2D eigenvalue weighted by atomic mass is 19.3. The van der Waals surface area contributed by atoms with Crippen molar-refractivity contribution in [2.75, 3.05) is 32.8 Å². The van der Waals surface area contributed by atoms with Gasteiger partial charge in [-0.25, -0.2) is 8.78 Å². The molecule has 1 unspecified atom stereocenters. The minimum absolute atomic E-state index is 0.119. The van der Waals surface area contributed by atoms with Crippen molar-refractivity contribution in [3.63, 3.8) is 0 Å². The zero-order valence-corrected chi connectivity index (χ0v) is 8.79. The molecular formula is C10H18F2N2O. The summed E-state index contributed by atoms with van der Waals surface area (Å²) in [7, 11) is 0. The molecule has 1 N–H and O–H groups in total. The lowest BCUT2D eigenvalue weighted by Crippen LogP contribution is -2.52. The van der Waals surface area contributed by atoms with Crippen LogP contribution in [-0.2, 0) is 4.74 Å². The van der Waals surface area contributed by atoms with Crippen LogP contribution in [0.1, 0.15) is 12.8 Å². The predicted molar refractivity (Wildman–Crippen MR) is 53.2 cm³/mol. The van der Waals surface area contributed by atoms with Crippen LogP contribution >= 0.6 is 0 Å². The summed E-state index contributed by atoms with van der Waals surface area (Å²) in [4.78, 5) is 1.84. The number of rotatable bonds is 5. The molecule has 88 valence electrons. The van der Waals surface area contributed by atoms with Gasteiger partial charge in [-0.05, 0) is 12.8 Å². The van der Waals surface area contributed by atoms with Crippen LogP contribution in [-0.4, -0.2) is 56.3 Å². The Bertz CT molecular complexity index is 200. The zero-order valence-electron chi connectivity index (χ0n) is 8.79. The van der Waals surface area contributed by atoms with Gasteiger partial charge in [-0.1, -0.05) is 0 Å². The molecule has 0 amide bonds. The number of hydrogen-bond acceptors (Lipinski definition) is 3. The molecule has 0 radical (unpaired) electrons. The van der Waals surface area contributed by atoms with E-state index in [0.29, 0.717) is 25.8 Å². The molecule has 2 fully saturated rings. The second-order valence-electron chi connectivity index (χ2n) is 4.30. The standard InChI is InChI=1S/C10H18F2N2O/c11-10(12)6-14-3-4-15-7-9(14)5-13-8-1-2-8/h8-10,13H,1-7H2. The van der Waals surface area contributed by atoms with Crippen LogP contribution in [0.4, 0.5) is 8.78 Å². The fraction of sp³-hybridized carbons (Fsp3) is 1.00. The Balaban J connectivity index is 1.75. The van der Waals surface area contributed by atoms with Crippen molar-refractivity contribution in [1.29, 1.82) is 0 Å². The summed E-state index contributed by atoms with van der Waals surface area (Å²) in [6.07, 6.45) is 0.205. The first-order valence-electron chi connectivity index (χ1n) is 5.59. The van der Waals surface area contributed by atoms with E-state index in [1.807, 2.05) is 4.90 Å².